The summed E-state index contributed by atoms with van der Waals surface area (Å²) in [6, 6.07) is -0.492. The zero-order valence-electron chi connectivity index (χ0n) is 7.38. The van der Waals surface area contributed by atoms with E-state index in [0.29, 0.717) is 6.42 Å². The monoisotopic (exact) mass is 242 g/mol. The van der Waals surface area contributed by atoms with Crippen molar-refractivity contribution in [3.63, 3.8) is 0 Å². The third kappa shape index (κ3) is 9.59. The fraction of sp³-hybridized carbons (Fsp3) is 0.750. The van der Waals surface area contributed by atoms with Crippen LogP contribution in [-0.2, 0) is 4.12 Å². The Morgan fingerprint density at radius 3 is 2.50 bits per heavy atom. The minimum Gasteiger partial charge on any atom is -0.413 e. The molecular weight excluding hydrogens is 228 g/mol. The van der Waals surface area contributed by atoms with Crippen molar-refractivity contribution in [1.82, 2.24) is 5.32 Å². The highest BCUT2D eigenvalue weighted by Gasteiger charge is 2.34. The fourth-order valence-electron chi connectivity index (χ4n) is 0.730. The Labute approximate surface area is 83.3 Å². The first-order valence-corrected chi connectivity index (χ1v) is 7.43. The zero-order valence-corrected chi connectivity index (χ0v) is 9.54. The SMILES string of the molecule is NC(=O)NCCC[SiH](O)O[Si](O)(O)O. The second-order valence-electron chi connectivity index (χ2n) is 2.58. The lowest BCUT2D eigenvalue weighted by Crippen LogP contribution is -2.44. The van der Waals surface area contributed by atoms with Gasteiger partial charge in [-0.3, -0.25) is 0 Å². The van der Waals surface area contributed by atoms with Gasteiger partial charge in [-0.25, -0.2) is 4.79 Å². The molecule has 2 amide bonds. The number of carbonyl (C=O) groups excluding carboxylic acids is 1. The van der Waals surface area contributed by atoms with Gasteiger partial charge in [0.25, 0.3) is 0 Å². The predicted molar refractivity (Wildman–Crippen MR) is 49.9 cm³/mol. The molecule has 8 nitrogen and oxygen atoms in total. The van der Waals surface area contributed by atoms with E-state index < -0.39 is 24.4 Å². The lowest BCUT2D eigenvalue weighted by atomic mass is 10.5. The Morgan fingerprint density at radius 1 is 1.50 bits per heavy atom. The molecule has 14 heavy (non-hydrogen) atoms. The predicted octanol–water partition coefficient (Wildman–Crippen LogP) is -3.31. The van der Waals surface area contributed by atoms with Crippen LogP contribution < -0.4 is 11.1 Å². The van der Waals surface area contributed by atoms with E-state index in [1.165, 1.54) is 0 Å². The summed E-state index contributed by atoms with van der Waals surface area (Å²) in [4.78, 5) is 44.6. The number of rotatable bonds is 6. The molecule has 0 aromatic rings. The highest BCUT2D eigenvalue weighted by Crippen LogP contribution is 1.99. The molecule has 0 aliphatic heterocycles. The van der Waals surface area contributed by atoms with Crippen molar-refractivity contribution < 1.29 is 28.1 Å². The first-order chi connectivity index (χ1) is 6.31. The number of primary amides is 1. The number of carbonyl (C=O) groups is 1. The quantitative estimate of drug-likeness (QED) is 0.212. The van der Waals surface area contributed by atoms with Gasteiger partial charge in [0.2, 0.25) is 0 Å². The lowest BCUT2D eigenvalue weighted by molar-refractivity contribution is 0.116. The normalized spacial score (nSPS) is 13.7. The van der Waals surface area contributed by atoms with E-state index >= 15 is 0 Å². The highest BCUT2D eigenvalue weighted by molar-refractivity contribution is 6.61. The largest absolute Gasteiger partial charge is 0.662 e. The van der Waals surface area contributed by atoms with E-state index in [1.807, 2.05) is 0 Å². The van der Waals surface area contributed by atoms with Crippen LogP contribution in [0.4, 0.5) is 4.79 Å². The van der Waals surface area contributed by atoms with E-state index in [9.17, 15) is 4.79 Å². The van der Waals surface area contributed by atoms with E-state index in [0.717, 1.165) is 0 Å². The van der Waals surface area contributed by atoms with Gasteiger partial charge >= 0.3 is 24.4 Å². The molecule has 7 N–H and O–H groups in total. The van der Waals surface area contributed by atoms with Gasteiger partial charge in [0, 0.05) is 6.54 Å². The summed E-state index contributed by atoms with van der Waals surface area (Å²) < 4.78 is 4.20. The van der Waals surface area contributed by atoms with Crippen LogP contribution in [0.15, 0.2) is 0 Å². The average molecular weight is 242 g/mol. The number of hydrogen-bond acceptors (Lipinski definition) is 6. The molecule has 0 spiro atoms. The highest BCUT2D eigenvalue weighted by atomic mass is 28.5. The molecule has 0 saturated heterocycles. The summed E-state index contributed by atoms with van der Waals surface area (Å²) in [5.41, 5.74) is 4.77. The van der Waals surface area contributed by atoms with Crippen LogP contribution in [0.25, 0.3) is 0 Å². The van der Waals surface area contributed by atoms with Crippen molar-refractivity contribution in [3.8, 4) is 0 Å². The van der Waals surface area contributed by atoms with Crippen LogP contribution in [-0.4, -0.2) is 50.1 Å². The maximum absolute atomic E-state index is 10.2. The van der Waals surface area contributed by atoms with E-state index in [2.05, 4.69) is 9.43 Å². The molecule has 0 aliphatic rings. The number of nitrogens with two attached hydrogens (primary N) is 1. The van der Waals surface area contributed by atoms with Crippen LogP contribution in [0.3, 0.4) is 0 Å². The van der Waals surface area contributed by atoms with Crippen LogP contribution in [0.1, 0.15) is 6.42 Å². The summed E-state index contributed by atoms with van der Waals surface area (Å²) >= 11 is 0. The molecule has 0 heterocycles. The van der Waals surface area contributed by atoms with E-state index in [4.69, 9.17) is 24.9 Å². The second-order valence-corrected chi connectivity index (χ2v) is 6.16. The minimum atomic E-state index is -4.60. The van der Waals surface area contributed by atoms with Crippen LogP contribution >= 0.6 is 0 Å². The Balaban J connectivity index is 3.45. The molecule has 10 heteroatoms. The number of hydrogen-bond donors (Lipinski definition) is 6. The molecular formula is C4H14N2O6Si2. The van der Waals surface area contributed by atoms with Gasteiger partial charge in [0.1, 0.15) is 0 Å². The average Bonchev–Trinajstić information content (AvgIpc) is 1.94. The van der Waals surface area contributed by atoms with Crippen molar-refractivity contribution in [2.75, 3.05) is 6.54 Å². The molecule has 0 rings (SSSR count). The third-order valence-electron chi connectivity index (χ3n) is 1.22. The van der Waals surface area contributed by atoms with Gasteiger partial charge in [0.15, 0.2) is 0 Å². The first-order valence-electron chi connectivity index (χ1n) is 3.87. The van der Waals surface area contributed by atoms with Gasteiger partial charge in [-0.1, -0.05) is 0 Å². The first kappa shape index (κ1) is 13.5. The summed E-state index contributed by atoms with van der Waals surface area (Å²) in [7, 11) is -7.37. The lowest BCUT2D eigenvalue weighted by Gasteiger charge is -2.14. The number of urea groups is 1. The maximum atomic E-state index is 10.2. The Hall–Kier alpha value is -0.496. The van der Waals surface area contributed by atoms with Gasteiger partial charge < -0.3 is 34.3 Å². The molecule has 0 aromatic heterocycles. The minimum absolute atomic E-state index is 0.177. The van der Waals surface area contributed by atoms with Crippen LogP contribution in [0.5, 0.6) is 0 Å². The molecule has 0 radical (unpaired) electrons. The molecule has 0 saturated carbocycles. The summed E-state index contributed by atoms with van der Waals surface area (Å²) in [6.07, 6.45) is 0.390. The zero-order chi connectivity index (χ0) is 11.2. The summed E-state index contributed by atoms with van der Waals surface area (Å²) in [5, 5.41) is 2.28. The molecule has 0 aromatic carbocycles. The Morgan fingerprint density at radius 2 is 2.07 bits per heavy atom. The van der Waals surface area contributed by atoms with E-state index in [1.54, 1.807) is 0 Å². The second kappa shape index (κ2) is 6.08. The van der Waals surface area contributed by atoms with Crippen LogP contribution in [0, 0.1) is 0 Å². The van der Waals surface area contributed by atoms with E-state index in [-0.39, 0.29) is 12.6 Å². The Kier molecular flexibility index (Phi) is 5.86. The fourth-order valence-corrected chi connectivity index (χ4v) is 3.21. The molecule has 0 aliphatic carbocycles. The molecule has 0 bridgehead atoms. The van der Waals surface area contributed by atoms with Gasteiger partial charge in [-0.2, -0.15) is 0 Å². The van der Waals surface area contributed by atoms with Crippen molar-refractivity contribution in [1.29, 1.82) is 0 Å². The molecule has 1 unspecified atom stereocenters. The van der Waals surface area contributed by atoms with Gasteiger partial charge in [0.05, 0.1) is 0 Å². The summed E-state index contributed by atoms with van der Waals surface area (Å²) in [5.74, 6) is 0. The molecule has 84 valence electrons. The summed E-state index contributed by atoms with van der Waals surface area (Å²) in [6.45, 7) is 0.263. The van der Waals surface area contributed by atoms with Gasteiger partial charge in [-0.05, 0) is 12.5 Å². The Bertz CT molecular complexity index is 185. The third-order valence-corrected chi connectivity index (χ3v) is 4.48. The number of nitrogens with one attached hydrogen (secondary N) is 1. The van der Waals surface area contributed by atoms with Crippen molar-refractivity contribution >= 4 is 24.4 Å². The van der Waals surface area contributed by atoms with Crippen molar-refractivity contribution in [2.45, 2.75) is 12.5 Å². The standard InChI is InChI=1S/C4H14N2O6Si2/c5-4(7)6-2-1-3-13(8)12-14(9,10)11/h8-11,13H,1-3H2,(H3,5,6,7). The maximum Gasteiger partial charge on any atom is 0.662 e. The van der Waals surface area contributed by atoms with Crippen molar-refractivity contribution in [2.24, 2.45) is 5.73 Å². The molecule has 0 fully saturated rings. The molecule has 1 atom stereocenters. The smallest absolute Gasteiger partial charge is 0.413 e. The topological polar surface area (TPSA) is 145 Å². The number of amides is 2. The van der Waals surface area contributed by atoms with Crippen LogP contribution in [0.2, 0.25) is 6.04 Å². The van der Waals surface area contributed by atoms with Gasteiger partial charge in [-0.15, -0.1) is 0 Å². The van der Waals surface area contributed by atoms with Crippen molar-refractivity contribution in [3.05, 3.63) is 0 Å².